The normalized spacial score (nSPS) is 10.1. The fraction of sp³-hybridized carbons (Fsp3) is 0.0769. The second kappa shape index (κ2) is 5.95. The Kier molecular flexibility index (Phi) is 4.07. The molecule has 0 spiro atoms. The van der Waals surface area contributed by atoms with Crippen molar-refractivity contribution in [2.45, 2.75) is 6.54 Å². The molecule has 2 rings (SSSR count). The standard InChI is InChI=1S/C13H10FN3O4/c14-8-1-3-9(4-2-8)15-11(18)7-17-12(19)6-5-10(16-17)13(20)21/h1-6H,7H2,(H,15,18)(H,20,21). The van der Waals surface area contributed by atoms with Gasteiger partial charge in [0, 0.05) is 11.8 Å². The first-order chi connectivity index (χ1) is 9.95. The van der Waals surface area contributed by atoms with Crippen LogP contribution in [0.15, 0.2) is 41.2 Å². The number of nitrogens with one attached hydrogen (secondary N) is 1. The lowest BCUT2D eigenvalue weighted by molar-refractivity contribution is -0.117. The van der Waals surface area contributed by atoms with Gasteiger partial charge in [-0.1, -0.05) is 0 Å². The van der Waals surface area contributed by atoms with Crippen LogP contribution in [0.3, 0.4) is 0 Å². The quantitative estimate of drug-likeness (QED) is 0.864. The predicted molar refractivity (Wildman–Crippen MR) is 70.5 cm³/mol. The third kappa shape index (κ3) is 3.72. The molecule has 0 fully saturated rings. The van der Waals surface area contributed by atoms with Crippen molar-refractivity contribution >= 4 is 17.6 Å². The molecule has 0 bridgehead atoms. The van der Waals surface area contributed by atoms with Crippen molar-refractivity contribution < 1.29 is 19.1 Å². The summed E-state index contributed by atoms with van der Waals surface area (Å²) in [6.45, 7) is -0.447. The number of amides is 1. The molecule has 0 atom stereocenters. The zero-order valence-corrected chi connectivity index (χ0v) is 10.6. The lowest BCUT2D eigenvalue weighted by Gasteiger charge is -2.07. The summed E-state index contributed by atoms with van der Waals surface area (Å²) in [4.78, 5) is 34.0. The highest BCUT2D eigenvalue weighted by atomic mass is 19.1. The fourth-order valence-corrected chi connectivity index (χ4v) is 1.55. The second-order valence-electron chi connectivity index (χ2n) is 4.07. The number of halogens is 1. The number of nitrogens with zero attached hydrogens (tertiary/aromatic N) is 2. The SMILES string of the molecule is O=C(Cn1nc(C(=O)O)ccc1=O)Nc1ccc(F)cc1. The Hall–Kier alpha value is -3.03. The molecule has 0 radical (unpaired) electrons. The average molecular weight is 291 g/mol. The number of benzene rings is 1. The van der Waals surface area contributed by atoms with Gasteiger partial charge in [0.25, 0.3) is 5.56 Å². The fourth-order valence-electron chi connectivity index (χ4n) is 1.55. The molecule has 0 aliphatic rings. The van der Waals surface area contributed by atoms with E-state index in [4.69, 9.17) is 5.11 Å². The number of carboxylic acids is 1. The van der Waals surface area contributed by atoms with Crippen molar-refractivity contribution in [2.75, 3.05) is 5.32 Å². The third-order valence-corrected chi connectivity index (χ3v) is 2.51. The first kappa shape index (κ1) is 14.4. The molecular formula is C13H10FN3O4. The number of hydrogen-bond donors (Lipinski definition) is 2. The smallest absolute Gasteiger partial charge is 0.356 e. The van der Waals surface area contributed by atoms with E-state index in [0.29, 0.717) is 5.69 Å². The maximum Gasteiger partial charge on any atom is 0.356 e. The topological polar surface area (TPSA) is 101 Å². The molecule has 108 valence electrons. The van der Waals surface area contributed by atoms with E-state index in [1.807, 2.05) is 0 Å². The van der Waals surface area contributed by atoms with Crippen molar-refractivity contribution in [3.8, 4) is 0 Å². The van der Waals surface area contributed by atoms with Gasteiger partial charge >= 0.3 is 5.97 Å². The summed E-state index contributed by atoms with van der Waals surface area (Å²) in [5.41, 5.74) is -0.595. The van der Waals surface area contributed by atoms with E-state index in [2.05, 4.69) is 10.4 Å². The number of carbonyl (C=O) groups is 2. The van der Waals surface area contributed by atoms with Crippen LogP contribution in [0.1, 0.15) is 10.5 Å². The molecule has 0 aliphatic heterocycles. The zero-order chi connectivity index (χ0) is 15.4. The maximum absolute atomic E-state index is 12.7. The van der Waals surface area contributed by atoms with Crippen LogP contribution < -0.4 is 10.9 Å². The van der Waals surface area contributed by atoms with Gasteiger partial charge in [0.2, 0.25) is 5.91 Å². The molecule has 21 heavy (non-hydrogen) atoms. The number of carboxylic acid groups (broad SMARTS) is 1. The summed E-state index contributed by atoms with van der Waals surface area (Å²) in [6.07, 6.45) is 0. The van der Waals surface area contributed by atoms with Gasteiger partial charge in [0.05, 0.1) is 0 Å². The number of aromatic carboxylic acids is 1. The van der Waals surface area contributed by atoms with Gasteiger partial charge < -0.3 is 10.4 Å². The molecule has 1 aromatic carbocycles. The van der Waals surface area contributed by atoms with E-state index >= 15 is 0 Å². The highest BCUT2D eigenvalue weighted by molar-refractivity contribution is 5.90. The lowest BCUT2D eigenvalue weighted by Crippen LogP contribution is -2.30. The molecule has 1 heterocycles. The molecule has 8 heteroatoms. The Morgan fingerprint density at radius 1 is 1.19 bits per heavy atom. The first-order valence-corrected chi connectivity index (χ1v) is 5.82. The molecule has 7 nitrogen and oxygen atoms in total. The summed E-state index contributed by atoms with van der Waals surface area (Å²) in [7, 11) is 0. The van der Waals surface area contributed by atoms with Crippen LogP contribution in [0.25, 0.3) is 0 Å². The van der Waals surface area contributed by atoms with Crippen LogP contribution in [0.5, 0.6) is 0 Å². The van der Waals surface area contributed by atoms with Gasteiger partial charge in [-0.2, -0.15) is 5.10 Å². The summed E-state index contributed by atoms with van der Waals surface area (Å²) < 4.78 is 13.5. The van der Waals surface area contributed by atoms with Crippen molar-refractivity contribution in [2.24, 2.45) is 0 Å². The summed E-state index contributed by atoms with van der Waals surface area (Å²) in [6, 6.07) is 7.13. The predicted octanol–water partition coefficient (Wildman–Crippen LogP) is 0.719. The van der Waals surface area contributed by atoms with Crippen LogP contribution in [-0.4, -0.2) is 26.8 Å². The minimum absolute atomic E-state index is 0.343. The Morgan fingerprint density at radius 3 is 2.48 bits per heavy atom. The van der Waals surface area contributed by atoms with E-state index in [1.54, 1.807) is 0 Å². The van der Waals surface area contributed by atoms with Crippen LogP contribution in [0.2, 0.25) is 0 Å². The lowest BCUT2D eigenvalue weighted by atomic mass is 10.3. The van der Waals surface area contributed by atoms with Gasteiger partial charge in [-0.25, -0.2) is 13.9 Å². The van der Waals surface area contributed by atoms with E-state index < -0.39 is 29.8 Å². The van der Waals surface area contributed by atoms with Crippen LogP contribution in [0, 0.1) is 5.82 Å². The second-order valence-corrected chi connectivity index (χ2v) is 4.07. The Bertz CT molecular complexity index is 740. The summed E-state index contributed by atoms with van der Waals surface area (Å²) in [5.74, 6) is -2.33. The van der Waals surface area contributed by atoms with Crippen molar-refractivity contribution in [3.05, 3.63) is 58.3 Å². The Balaban J connectivity index is 2.12. The van der Waals surface area contributed by atoms with E-state index in [9.17, 15) is 18.8 Å². The van der Waals surface area contributed by atoms with E-state index in [1.165, 1.54) is 24.3 Å². The molecule has 2 N–H and O–H groups in total. The minimum atomic E-state index is -1.30. The van der Waals surface area contributed by atoms with Crippen molar-refractivity contribution in [1.29, 1.82) is 0 Å². The average Bonchev–Trinajstić information content (AvgIpc) is 2.43. The highest BCUT2D eigenvalue weighted by Gasteiger charge is 2.10. The Morgan fingerprint density at radius 2 is 1.86 bits per heavy atom. The number of rotatable bonds is 4. The molecule has 2 aromatic rings. The van der Waals surface area contributed by atoms with E-state index in [0.717, 1.165) is 16.8 Å². The van der Waals surface area contributed by atoms with Crippen LogP contribution in [-0.2, 0) is 11.3 Å². The summed E-state index contributed by atoms with van der Waals surface area (Å²) >= 11 is 0. The van der Waals surface area contributed by atoms with Crippen LogP contribution >= 0.6 is 0 Å². The zero-order valence-electron chi connectivity index (χ0n) is 10.6. The van der Waals surface area contributed by atoms with Crippen LogP contribution in [0.4, 0.5) is 10.1 Å². The van der Waals surface area contributed by atoms with Crippen molar-refractivity contribution in [3.63, 3.8) is 0 Å². The molecule has 0 saturated heterocycles. The van der Waals surface area contributed by atoms with Gasteiger partial charge in [0.15, 0.2) is 5.69 Å². The van der Waals surface area contributed by atoms with Gasteiger partial charge in [-0.15, -0.1) is 0 Å². The molecule has 0 aliphatic carbocycles. The summed E-state index contributed by atoms with van der Waals surface area (Å²) in [5, 5.41) is 14.8. The molecule has 1 aromatic heterocycles. The Labute approximate surface area is 117 Å². The molecular weight excluding hydrogens is 281 g/mol. The maximum atomic E-state index is 12.7. The largest absolute Gasteiger partial charge is 0.476 e. The monoisotopic (exact) mass is 291 g/mol. The minimum Gasteiger partial charge on any atom is -0.476 e. The van der Waals surface area contributed by atoms with Gasteiger partial charge in [-0.05, 0) is 30.3 Å². The molecule has 0 saturated carbocycles. The van der Waals surface area contributed by atoms with Gasteiger partial charge in [0.1, 0.15) is 12.4 Å². The van der Waals surface area contributed by atoms with Crippen molar-refractivity contribution in [1.82, 2.24) is 9.78 Å². The number of hydrogen-bond acceptors (Lipinski definition) is 4. The number of anilines is 1. The molecule has 1 amide bonds. The highest BCUT2D eigenvalue weighted by Crippen LogP contribution is 2.07. The number of carbonyl (C=O) groups excluding carboxylic acids is 1. The number of aromatic nitrogens is 2. The van der Waals surface area contributed by atoms with E-state index in [-0.39, 0.29) is 5.69 Å². The molecule has 0 unspecified atom stereocenters. The third-order valence-electron chi connectivity index (χ3n) is 2.51. The van der Waals surface area contributed by atoms with Gasteiger partial charge in [-0.3, -0.25) is 9.59 Å². The first-order valence-electron chi connectivity index (χ1n) is 5.82.